The Hall–Kier alpha value is -3.41. The molecule has 150 valence electrons. The molecule has 0 aliphatic heterocycles. The van der Waals surface area contributed by atoms with Gasteiger partial charge in [-0.2, -0.15) is 5.10 Å². The zero-order valence-corrected chi connectivity index (χ0v) is 16.9. The Kier molecular flexibility index (Phi) is 6.79. The van der Waals surface area contributed by atoms with Crippen LogP contribution in [0.4, 0.5) is 0 Å². The molecule has 0 aliphatic rings. The van der Waals surface area contributed by atoms with Gasteiger partial charge in [0.15, 0.2) is 11.5 Å². The van der Waals surface area contributed by atoms with Crippen molar-refractivity contribution >= 4 is 23.0 Å². The number of aromatic nitrogens is 1. The van der Waals surface area contributed by atoms with Gasteiger partial charge in [0.25, 0.3) is 5.91 Å². The molecular formula is C23H25N3O3. The van der Waals surface area contributed by atoms with E-state index in [4.69, 9.17) is 9.47 Å². The van der Waals surface area contributed by atoms with E-state index in [0.29, 0.717) is 23.7 Å². The Morgan fingerprint density at radius 2 is 1.97 bits per heavy atom. The Morgan fingerprint density at radius 1 is 1.14 bits per heavy atom. The zero-order valence-electron chi connectivity index (χ0n) is 16.9. The molecule has 0 bridgehead atoms. The average Bonchev–Trinajstić information content (AvgIpc) is 2.74. The molecule has 0 aliphatic carbocycles. The number of carbonyl (C=O) groups excluding carboxylic acids is 1. The second-order valence-corrected chi connectivity index (χ2v) is 6.47. The van der Waals surface area contributed by atoms with E-state index in [2.05, 4.69) is 22.4 Å². The molecule has 1 amide bonds. The van der Waals surface area contributed by atoms with Crippen molar-refractivity contribution in [2.24, 2.45) is 5.10 Å². The van der Waals surface area contributed by atoms with Crippen molar-refractivity contribution in [3.05, 3.63) is 65.4 Å². The van der Waals surface area contributed by atoms with Crippen LogP contribution in [-0.4, -0.2) is 30.8 Å². The van der Waals surface area contributed by atoms with Crippen LogP contribution in [0.1, 0.15) is 41.9 Å². The van der Waals surface area contributed by atoms with Crippen molar-refractivity contribution in [1.29, 1.82) is 0 Å². The van der Waals surface area contributed by atoms with Crippen molar-refractivity contribution < 1.29 is 14.3 Å². The van der Waals surface area contributed by atoms with Crippen molar-refractivity contribution in [1.82, 2.24) is 10.4 Å². The molecule has 0 atom stereocenters. The number of hydrogen-bond donors (Lipinski definition) is 1. The summed E-state index contributed by atoms with van der Waals surface area (Å²) in [6.07, 6.45) is 3.36. The highest BCUT2D eigenvalue weighted by Gasteiger charge is 2.12. The summed E-state index contributed by atoms with van der Waals surface area (Å²) in [6, 6.07) is 15.0. The van der Waals surface area contributed by atoms with E-state index in [0.717, 1.165) is 35.0 Å². The number of benzene rings is 2. The topological polar surface area (TPSA) is 72.8 Å². The van der Waals surface area contributed by atoms with Gasteiger partial charge in [-0.15, -0.1) is 0 Å². The predicted molar refractivity (Wildman–Crippen MR) is 115 cm³/mol. The summed E-state index contributed by atoms with van der Waals surface area (Å²) in [5.74, 6) is 1.02. The molecule has 2 aromatic carbocycles. The van der Waals surface area contributed by atoms with E-state index in [-0.39, 0.29) is 5.91 Å². The van der Waals surface area contributed by atoms with Crippen molar-refractivity contribution in [2.45, 2.75) is 26.7 Å². The quantitative estimate of drug-likeness (QED) is 0.457. The van der Waals surface area contributed by atoms with Crippen LogP contribution in [0, 0.1) is 0 Å². The van der Waals surface area contributed by atoms with Gasteiger partial charge < -0.3 is 9.47 Å². The van der Waals surface area contributed by atoms with Gasteiger partial charge in [0, 0.05) is 11.1 Å². The molecule has 29 heavy (non-hydrogen) atoms. The number of rotatable bonds is 8. The molecule has 0 saturated heterocycles. The van der Waals surface area contributed by atoms with Gasteiger partial charge in [-0.25, -0.2) is 5.43 Å². The standard InChI is InChI=1S/C23H25N3O3/c1-4-8-17-14-19(18-9-6-7-10-20(18)25-17)23(27)26-24-15-16-11-12-21(29-5-2)22(13-16)28-3/h6-7,9-15H,4-5,8H2,1-3H3,(H,26,27)/b24-15+. The van der Waals surface area contributed by atoms with Crippen LogP contribution < -0.4 is 14.9 Å². The maximum absolute atomic E-state index is 12.8. The average molecular weight is 391 g/mol. The first-order valence-corrected chi connectivity index (χ1v) is 9.69. The lowest BCUT2D eigenvalue weighted by atomic mass is 10.1. The summed E-state index contributed by atoms with van der Waals surface area (Å²) >= 11 is 0. The van der Waals surface area contributed by atoms with Crippen molar-refractivity contribution in [3.8, 4) is 11.5 Å². The number of methoxy groups -OCH3 is 1. The van der Waals surface area contributed by atoms with E-state index >= 15 is 0 Å². The normalized spacial score (nSPS) is 11.0. The maximum atomic E-state index is 12.8. The van der Waals surface area contributed by atoms with E-state index in [9.17, 15) is 4.79 Å². The van der Waals surface area contributed by atoms with Gasteiger partial charge in [-0.1, -0.05) is 31.5 Å². The Labute approximate surface area is 170 Å². The predicted octanol–water partition coefficient (Wildman–Crippen LogP) is 4.36. The van der Waals surface area contributed by atoms with Crippen molar-refractivity contribution in [3.63, 3.8) is 0 Å². The number of fused-ring (bicyclic) bond motifs is 1. The first-order chi connectivity index (χ1) is 14.2. The lowest BCUT2D eigenvalue weighted by Crippen LogP contribution is -2.18. The van der Waals surface area contributed by atoms with Crippen LogP contribution in [0.5, 0.6) is 11.5 Å². The summed E-state index contributed by atoms with van der Waals surface area (Å²) in [4.78, 5) is 17.4. The largest absolute Gasteiger partial charge is 0.493 e. The van der Waals surface area contributed by atoms with Gasteiger partial charge in [-0.3, -0.25) is 9.78 Å². The lowest BCUT2D eigenvalue weighted by Gasteiger charge is -2.09. The van der Waals surface area contributed by atoms with Gasteiger partial charge in [0.05, 0.1) is 31.0 Å². The number of hydrogen-bond acceptors (Lipinski definition) is 5. The number of pyridine rings is 1. The highest BCUT2D eigenvalue weighted by atomic mass is 16.5. The second kappa shape index (κ2) is 9.68. The molecule has 0 fully saturated rings. The third-order valence-corrected chi connectivity index (χ3v) is 4.39. The summed E-state index contributed by atoms with van der Waals surface area (Å²) in [5.41, 5.74) is 5.68. The van der Waals surface area contributed by atoms with Crippen molar-refractivity contribution in [2.75, 3.05) is 13.7 Å². The molecule has 1 heterocycles. The molecule has 0 radical (unpaired) electrons. The number of nitrogens with zero attached hydrogens (tertiary/aromatic N) is 2. The summed E-state index contributed by atoms with van der Waals surface area (Å²) in [7, 11) is 1.59. The molecule has 3 rings (SSSR count). The van der Waals surface area contributed by atoms with Crippen LogP contribution in [0.15, 0.2) is 53.6 Å². The van der Waals surface area contributed by atoms with Crippen LogP contribution >= 0.6 is 0 Å². The molecule has 6 heteroatoms. The first-order valence-electron chi connectivity index (χ1n) is 9.69. The highest BCUT2D eigenvalue weighted by molar-refractivity contribution is 6.06. The number of hydrazone groups is 1. The molecule has 3 aromatic rings. The minimum atomic E-state index is -0.268. The zero-order chi connectivity index (χ0) is 20.6. The lowest BCUT2D eigenvalue weighted by molar-refractivity contribution is 0.0956. The van der Waals surface area contributed by atoms with Crippen LogP contribution in [0.25, 0.3) is 10.9 Å². The molecule has 0 unspecified atom stereocenters. The second-order valence-electron chi connectivity index (χ2n) is 6.47. The minimum absolute atomic E-state index is 0.268. The minimum Gasteiger partial charge on any atom is -0.493 e. The molecule has 0 spiro atoms. The van der Waals surface area contributed by atoms with E-state index < -0.39 is 0 Å². The van der Waals surface area contributed by atoms with Gasteiger partial charge in [0.2, 0.25) is 0 Å². The van der Waals surface area contributed by atoms with Gasteiger partial charge in [0.1, 0.15) is 0 Å². The molecule has 1 aromatic heterocycles. The number of carbonyl (C=O) groups is 1. The molecule has 1 N–H and O–H groups in total. The first kappa shape index (κ1) is 20.3. The van der Waals surface area contributed by atoms with E-state index in [1.54, 1.807) is 13.3 Å². The Bertz CT molecular complexity index is 1030. The number of ether oxygens (including phenoxy) is 2. The fourth-order valence-electron chi connectivity index (χ4n) is 3.07. The smallest absolute Gasteiger partial charge is 0.272 e. The summed E-state index contributed by atoms with van der Waals surface area (Å²) in [6.45, 7) is 4.56. The monoisotopic (exact) mass is 391 g/mol. The number of para-hydroxylation sites is 1. The van der Waals surface area contributed by atoms with Crippen LogP contribution in [0.2, 0.25) is 0 Å². The summed E-state index contributed by atoms with van der Waals surface area (Å²) in [5, 5.41) is 4.92. The van der Waals surface area contributed by atoms with Crippen LogP contribution in [-0.2, 0) is 6.42 Å². The highest BCUT2D eigenvalue weighted by Crippen LogP contribution is 2.27. The van der Waals surface area contributed by atoms with Crippen LogP contribution in [0.3, 0.4) is 0 Å². The van der Waals surface area contributed by atoms with E-state index in [1.807, 2.05) is 55.5 Å². The van der Waals surface area contributed by atoms with Gasteiger partial charge in [-0.05, 0) is 49.2 Å². The summed E-state index contributed by atoms with van der Waals surface area (Å²) < 4.78 is 10.8. The van der Waals surface area contributed by atoms with Gasteiger partial charge >= 0.3 is 0 Å². The fraction of sp³-hybridized carbons (Fsp3) is 0.261. The fourth-order valence-corrected chi connectivity index (χ4v) is 3.07. The number of nitrogens with one attached hydrogen (secondary N) is 1. The molecule has 6 nitrogen and oxygen atoms in total. The SMILES string of the molecule is CCCc1cc(C(=O)N/N=C/c2ccc(OCC)c(OC)c2)c2ccccc2n1. The molecular weight excluding hydrogens is 366 g/mol. The third kappa shape index (κ3) is 4.90. The number of aryl methyl sites for hydroxylation is 1. The third-order valence-electron chi connectivity index (χ3n) is 4.39. The van der Waals surface area contributed by atoms with E-state index in [1.165, 1.54) is 0 Å². The number of amides is 1. The molecule has 0 saturated carbocycles. The Morgan fingerprint density at radius 3 is 2.72 bits per heavy atom. The Balaban J connectivity index is 1.80. The maximum Gasteiger partial charge on any atom is 0.272 e.